The second kappa shape index (κ2) is 11.6. The van der Waals surface area contributed by atoms with Gasteiger partial charge in [0.1, 0.15) is 0 Å². The van der Waals surface area contributed by atoms with Crippen LogP contribution in [0.1, 0.15) is 68.2 Å². The van der Waals surface area contributed by atoms with Crippen molar-refractivity contribution in [1.82, 2.24) is 0 Å². The lowest BCUT2D eigenvalue weighted by Gasteiger charge is -2.37. The molecule has 166 valence electrons. The Kier molecular flexibility index (Phi) is 11.4. The van der Waals surface area contributed by atoms with Gasteiger partial charge in [0.2, 0.25) is 0 Å². The minimum absolute atomic E-state index is 0.0845. The fraction of sp³-hybridized carbons (Fsp3) is 0.905. The minimum Gasteiger partial charge on any atom is -0.455 e. The van der Waals surface area contributed by atoms with Crippen LogP contribution in [0.3, 0.4) is 0 Å². The quantitative estimate of drug-likeness (QED) is 0.276. The van der Waals surface area contributed by atoms with Crippen LogP contribution in [0.5, 0.6) is 0 Å². The van der Waals surface area contributed by atoms with Gasteiger partial charge in [0, 0.05) is 20.0 Å². The predicted molar refractivity (Wildman–Crippen MR) is 121 cm³/mol. The molecule has 0 saturated carbocycles. The Morgan fingerprint density at radius 3 is 1.89 bits per heavy atom. The van der Waals surface area contributed by atoms with E-state index in [-0.39, 0.29) is 23.3 Å². The first kappa shape index (κ1) is 27.5. The monoisotopic (exact) mass is 432 g/mol. The average molecular weight is 433 g/mol. The smallest absolute Gasteiger partial charge is 0.303 e. The fourth-order valence-electron chi connectivity index (χ4n) is 2.92. The fourth-order valence-corrected chi connectivity index (χ4v) is 6.89. The van der Waals surface area contributed by atoms with E-state index in [0.717, 1.165) is 18.1 Å². The number of hydrogen-bond acceptors (Lipinski definition) is 5. The summed E-state index contributed by atoms with van der Waals surface area (Å²) < 4.78 is 18.0. The van der Waals surface area contributed by atoms with E-state index in [9.17, 15) is 9.59 Å². The maximum atomic E-state index is 12.6. The van der Waals surface area contributed by atoms with E-state index in [0.29, 0.717) is 13.0 Å². The molecule has 0 fully saturated rings. The third-order valence-corrected chi connectivity index (χ3v) is 15.5. The molecule has 0 amide bonds. The second-order valence-corrected chi connectivity index (χ2v) is 18.8. The van der Waals surface area contributed by atoms with E-state index >= 15 is 0 Å². The van der Waals surface area contributed by atoms with E-state index in [2.05, 4.69) is 54.6 Å². The van der Waals surface area contributed by atoms with Crippen molar-refractivity contribution < 1.29 is 23.2 Å². The van der Waals surface area contributed by atoms with Crippen LogP contribution >= 0.6 is 0 Å². The van der Waals surface area contributed by atoms with Crippen molar-refractivity contribution in [1.29, 1.82) is 0 Å². The van der Waals surface area contributed by atoms with Crippen LogP contribution in [-0.2, 0) is 23.2 Å². The molecule has 0 aliphatic heterocycles. The molecule has 0 aromatic carbocycles. The zero-order valence-electron chi connectivity index (χ0n) is 19.9. The van der Waals surface area contributed by atoms with E-state index in [1.807, 2.05) is 0 Å². The molecule has 0 aliphatic carbocycles. The van der Waals surface area contributed by atoms with Gasteiger partial charge in [-0.1, -0.05) is 41.5 Å². The van der Waals surface area contributed by atoms with Gasteiger partial charge in [0.25, 0.3) is 0 Å². The Hall–Kier alpha value is -0.506. The maximum absolute atomic E-state index is 12.6. The van der Waals surface area contributed by atoms with Crippen LogP contribution in [0.15, 0.2) is 0 Å². The highest BCUT2D eigenvalue weighted by molar-refractivity contribution is 6.74. The van der Waals surface area contributed by atoms with Crippen LogP contribution in [0.2, 0.25) is 36.3 Å². The Bertz CT molecular complexity index is 487. The highest BCUT2D eigenvalue weighted by atomic mass is 28.4. The Balaban J connectivity index is 5.18. The molecule has 0 aromatic rings. The summed E-state index contributed by atoms with van der Waals surface area (Å²) in [7, 11) is -3.69. The molecule has 0 heterocycles. The summed E-state index contributed by atoms with van der Waals surface area (Å²) in [6.07, 6.45) is 0.0526. The largest absolute Gasteiger partial charge is 0.455 e. The molecule has 7 heteroatoms. The molecular formula is C21H44O5Si2. The summed E-state index contributed by atoms with van der Waals surface area (Å²) in [6, 6.07) is 3.11. The van der Waals surface area contributed by atoms with Gasteiger partial charge in [0.05, 0.1) is 6.10 Å². The zero-order valence-corrected chi connectivity index (χ0v) is 21.9. The van der Waals surface area contributed by atoms with Crippen molar-refractivity contribution in [2.75, 3.05) is 6.61 Å². The second-order valence-electron chi connectivity index (χ2n) is 9.30. The first-order chi connectivity index (χ1) is 12.7. The molecular weight excluding hydrogens is 388 g/mol. The third-order valence-electron chi connectivity index (χ3n) is 6.28. The zero-order chi connectivity index (χ0) is 22.2. The normalized spacial score (nSPS) is 15.2. The number of ether oxygens (including phenoxy) is 1. The molecule has 0 spiro atoms. The van der Waals surface area contributed by atoms with Crippen LogP contribution < -0.4 is 0 Å². The Morgan fingerprint density at radius 2 is 1.50 bits per heavy atom. The van der Waals surface area contributed by atoms with Crippen LogP contribution in [-0.4, -0.2) is 47.2 Å². The van der Waals surface area contributed by atoms with Gasteiger partial charge in [-0.15, -0.1) is 0 Å². The first-order valence-corrected chi connectivity index (χ1v) is 16.2. The summed E-state index contributed by atoms with van der Waals surface area (Å²) in [4.78, 5) is 23.8. The van der Waals surface area contributed by atoms with Gasteiger partial charge >= 0.3 is 5.97 Å². The van der Waals surface area contributed by atoms with Crippen molar-refractivity contribution in [3.8, 4) is 0 Å². The number of rotatable bonds is 13. The topological polar surface area (TPSA) is 61.8 Å². The van der Waals surface area contributed by atoms with Crippen LogP contribution in [0.25, 0.3) is 0 Å². The van der Waals surface area contributed by atoms with Gasteiger partial charge in [-0.25, -0.2) is 0 Å². The van der Waals surface area contributed by atoms with E-state index in [1.165, 1.54) is 6.92 Å². The molecule has 0 radical (unpaired) electrons. The molecule has 28 heavy (non-hydrogen) atoms. The van der Waals surface area contributed by atoms with Crippen LogP contribution in [0, 0.1) is 0 Å². The number of hydrogen-bond donors (Lipinski definition) is 0. The highest BCUT2D eigenvalue weighted by Crippen LogP contribution is 2.36. The summed E-state index contributed by atoms with van der Waals surface area (Å²) in [5.74, 6) is -0.516. The summed E-state index contributed by atoms with van der Waals surface area (Å²) in [5, 5.41) is 0.151. The molecule has 0 rings (SSSR count). The average Bonchev–Trinajstić information content (AvgIpc) is 2.57. The van der Waals surface area contributed by atoms with Gasteiger partial charge in [-0.05, 0) is 49.6 Å². The van der Waals surface area contributed by atoms with Crippen LogP contribution in [0.4, 0.5) is 0 Å². The van der Waals surface area contributed by atoms with E-state index in [4.69, 9.17) is 13.6 Å². The third kappa shape index (κ3) is 8.88. The minimum atomic E-state index is -1.85. The predicted octanol–water partition coefficient (Wildman–Crippen LogP) is 5.70. The van der Waals surface area contributed by atoms with Crippen molar-refractivity contribution in [2.24, 2.45) is 0 Å². The molecule has 2 atom stereocenters. The lowest BCUT2D eigenvalue weighted by Crippen LogP contribution is -2.44. The van der Waals surface area contributed by atoms with E-state index in [1.54, 1.807) is 6.92 Å². The molecule has 0 unspecified atom stereocenters. The van der Waals surface area contributed by atoms with Gasteiger partial charge in [-0.2, -0.15) is 0 Å². The molecule has 0 bridgehead atoms. The Labute approximate surface area is 175 Å². The number of carbonyl (C=O) groups is 2. The molecule has 0 N–H and O–H groups in total. The lowest BCUT2D eigenvalue weighted by atomic mass is 10.1. The van der Waals surface area contributed by atoms with Crippen molar-refractivity contribution in [3.63, 3.8) is 0 Å². The maximum Gasteiger partial charge on any atom is 0.303 e. The summed E-state index contributed by atoms with van der Waals surface area (Å²) in [6.45, 7) is 21.3. The van der Waals surface area contributed by atoms with Gasteiger partial charge in [-0.3, -0.25) is 9.59 Å². The Morgan fingerprint density at radius 1 is 1.00 bits per heavy atom. The SMILES string of the molecule is CC[Si](CC)(CC)O[C@@H](CCO[Si](C)(C)C(C)(C)C)CC(=O)[C@@H](C)OC(C)=O. The molecule has 0 aromatic heterocycles. The number of esters is 1. The van der Waals surface area contributed by atoms with Gasteiger partial charge < -0.3 is 13.6 Å². The van der Waals surface area contributed by atoms with E-state index < -0.39 is 28.7 Å². The van der Waals surface area contributed by atoms with Crippen molar-refractivity contribution >= 4 is 28.4 Å². The highest BCUT2D eigenvalue weighted by Gasteiger charge is 2.38. The molecule has 5 nitrogen and oxygen atoms in total. The van der Waals surface area contributed by atoms with Crippen molar-refractivity contribution in [2.45, 2.75) is 117 Å². The number of ketones is 1. The molecule has 0 aliphatic rings. The van der Waals surface area contributed by atoms with Crippen molar-refractivity contribution in [3.05, 3.63) is 0 Å². The summed E-state index contributed by atoms with van der Waals surface area (Å²) >= 11 is 0. The standard InChI is InChI=1S/C21H44O5Si2/c1-11-28(12-2,13-3)26-19(16-20(23)17(4)25-18(5)22)14-15-24-27(9,10)21(6,7)8/h17,19H,11-16H2,1-10H3/t17-,19+/m1/s1. The van der Waals surface area contributed by atoms with Gasteiger partial charge in [0.15, 0.2) is 28.5 Å². The molecule has 0 saturated heterocycles. The number of Topliss-reactive ketones (excluding diaryl/α,β-unsaturated/α-hetero) is 1. The lowest BCUT2D eigenvalue weighted by molar-refractivity contribution is -0.152. The first-order valence-electron chi connectivity index (χ1n) is 10.7. The number of carbonyl (C=O) groups excluding carboxylic acids is 2. The summed E-state index contributed by atoms with van der Waals surface area (Å²) in [5.41, 5.74) is 0.